The highest BCUT2D eigenvalue weighted by molar-refractivity contribution is 7.13. The van der Waals surface area contributed by atoms with Crippen LogP contribution in [-0.4, -0.2) is 25.9 Å². The monoisotopic (exact) mass is 487 g/mol. The Labute approximate surface area is 207 Å². The van der Waals surface area contributed by atoms with Crippen LogP contribution in [0.1, 0.15) is 48.9 Å². The summed E-state index contributed by atoms with van der Waals surface area (Å²) in [6.07, 6.45) is 7.31. The first-order chi connectivity index (χ1) is 16.8. The predicted octanol–water partition coefficient (Wildman–Crippen LogP) is 6.35. The molecule has 5 rings (SSSR count). The van der Waals surface area contributed by atoms with Gasteiger partial charge in [0.15, 0.2) is 0 Å². The fourth-order valence-electron chi connectivity index (χ4n) is 4.68. The number of nitrogens with one attached hydrogen (secondary N) is 1. The summed E-state index contributed by atoms with van der Waals surface area (Å²) >= 11 is 1.29. The van der Waals surface area contributed by atoms with Crippen molar-refractivity contribution >= 4 is 33.3 Å². The molecule has 1 amide bonds. The molecule has 2 unspecified atom stereocenters. The molecule has 1 aliphatic rings. The van der Waals surface area contributed by atoms with Gasteiger partial charge in [0.25, 0.3) is 0 Å². The van der Waals surface area contributed by atoms with E-state index in [1.165, 1.54) is 17.4 Å². The first-order valence-corrected chi connectivity index (χ1v) is 12.4. The summed E-state index contributed by atoms with van der Waals surface area (Å²) in [7, 11) is 0. The molecular formula is C27H26FN5OS. The molecule has 2 atom stereocenters. The fourth-order valence-corrected chi connectivity index (χ4v) is 5.12. The molecule has 1 N–H and O–H groups in total. The lowest BCUT2D eigenvalue weighted by atomic mass is 9.70. The first-order valence-electron chi connectivity index (χ1n) is 11.5. The van der Waals surface area contributed by atoms with Crippen LogP contribution in [0.4, 0.5) is 9.52 Å². The van der Waals surface area contributed by atoms with Crippen LogP contribution in [0.15, 0.2) is 78.2 Å². The van der Waals surface area contributed by atoms with E-state index in [1.807, 2.05) is 43.8 Å². The van der Waals surface area contributed by atoms with Gasteiger partial charge < -0.3 is 5.32 Å². The number of nitrogens with zero attached hydrogens (tertiary/aromatic N) is 4. The quantitative estimate of drug-likeness (QED) is 0.344. The van der Waals surface area contributed by atoms with Crippen LogP contribution in [0.5, 0.6) is 0 Å². The Morgan fingerprint density at radius 1 is 1.20 bits per heavy atom. The van der Waals surface area contributed by atoms with Gasteiger partial charge >= 0.3 is 0 Å². The Morgan fingerprint density at radius 3 is 2.66 bits per heavy atom. The van der Waals surface area contributed by atoms with Gasteiger partial charge in [-0.2, -0.15) is 5.10 Å². The number of rotatable bonds is 6. The van der Waals surface area contributed by atoms with Crippen LogP contribution in [0.3, 0.4) is 0 Å². The summed E-state index contributed by atoms with van der Waals surface area (Å²) in [6.45, 7) is 5.96. The Kier molecular flexibility index (Phi) is 6.06. The van der Waals surface area contributed by atoms with Crippen molar-refractivity contribution in [3.63, 3.8) is 0 Å². The second kappa shape index (κ2) is 9.19. The van der Waals surface area contributed by atoms with Crippen molar-refractivity contribution < 1.29 is 9.18 Å². The number of benzene rings is 2. The summed E-state index contributed by atoms with van der Waals surface area (Å²) in [5.41, 5.74) is 5.00. The summed E-state index contributed by atoms with van der Waals surface area (Å²) in [5, 5.41) is 16.8. The van der Waals surface area contributed by atoms with Crippen molar-refractivity contribution in [3.05, 3.63) is 94.9 Å². The lowest BCUT2D eigenvalue weighted by molar-refractivity contribution is -0.124. The highest BCUT2D eigenvalue weighted by Crippen LogP contribution is 2.43. The number of aryl methyl sites for hydroxylation is 1. The lowest BCUT2D eigenvalue weighted by Gasteiger charge is -2.34. The van der Waals surface area contributed by atoms with Crippen molar-refractivity contribution in [2.45, 2.75) is 39.2 Å². The number of anilines is 1. The molecule has 0 fully saturated rings. The van der Waals surface area contributed by atoms with Crippen LogP contribution in [0, 0.1) is 12.3 Å². The van der Waals surface area contributed by atoms with E-state index >= 15 is 0 Å². The van der Waals surface area contributed by atoms with E-state index in [1.54, 1.807) is 11.6 Å². The molecule has 8 heteroatoms. The van der Waals surface area contributed by atoms with Crippen molar-refractivity contribution in [2.24, 2.45) is 5.41 Å². The van der Waals surface area contributed by atoms with E-state index < -0.39 is 5.41 Å². The van der Waals surface area contributed by atoms with E-state index in [0.717, 1.165) is 27.6 Å². The Bertz CT molecular complexity index is 1420. The van der Waals surface area contributed by atoms with Crippen LogP contribution in [-0.2, 0) is 4.79 Å². The molecular weight excluding hydrogens is 461 g/mol. The van der Waals surface area contributed by atoms with Gasteiger partial charge in [0, 0.05) is 11.3 Å². The average molecular weight is 488 g/mol. The molecule has 4 aromatic rings. The molecule has 0 saturated heterocycles. The minimum Gasteiger partial charge on any atom is -0.300 e. The maximum Gasteiger partial charge on any atom is 0.232 e. The number of carbonyl (C=O) groups excluding carboxylic acids is 1. The molecule has 0 spiro atoms. The number of halogens is 1. The lowest BCUT2D eigenvalue weighted by Crippen LogP contribution is -2.37. The smallest absolute Gasteiger partial charge is 0.232 e. The SMILES string of the molecule is Cc1ccc(C(c2ccc3c(cnn3C3C=CC(F)=CC3)c2)C(C)(C)C(=O)Nc2nncs2)cc1. The van der Waals surface area contributed by atoms with Gasteiger partial charge in [-0.15, -0.1) is 10.2 Å². The van der Waals surface area contributed by atoms with Gasteiger partial charge in [-0.3, -0.25) is 9.48 Å². The summed E-state index contributed by atoms with van der Waals surface area (Å²) in [6, 6.07) is 14.5. The minimum atomic E-state index is -0.793. The highest BCUT2D eigenvalue weighted by Gasteiger charge is 2.39. The molecule has 35 heavy (non-hydrogen) atoms. The second-order valence-electron chi connectivity index (χ2n) is 9.42. The van der Waals surface area contributed by atoms with E-state index in [4.69, 9.17) is 0 Å². The number of aromatic nitrogens is 4. The van der Waals surface area contributed by atoms with E-state index in [0.29, 0.717) is 11.6 Å². The fraction of sp³-hybridized carbons (Fsp3) is 0.259. The number of amides is 1. The number of hydrogen-bond donors (Lipinski definition) is 1. The maximum absolute atomic E-state index is 13.5. The summed E-state index contributed by atoms with van der Waals surface area (Å²) < 4.78 is 15.4. The van der Waals surface area contributed by atoms with Gasteiger partial charge in [-0.25, -0.2) is 4.39 Å². The number of hydrogen-bond acceptors (Lipinski definition) is 5. The van der Waals surface area contributed by atoms with E-state index in [2.05, 4.69) is 57.0 Å². The zero-order valence-electron chi connectivity index (χ0n) is 19.8. The standard InChI is InChI=1S/C27H26FN5OS/c1-17-4-6-18(7-5-17)24(27(2,3)25(34)31-26-32-29-16-35-26)19-8-13-23-20(14-19)15-30-33(23)22-11-9-21(28)10-12-22/h4-11,13-16,22,24H,12H2,1-3H3,(H,31,32,34). The summed E-state index contributed by atoms with van der Waals surface area (Å²) in [5.74, 6) is -0.554. The van der Waals surface area contributed by atoms with Crippen LogP contribution in [0.2, 0.25) is 0 Å². The Balaban J connectivity index is 1.54. The zero-order chi connectivity index (χ0) is 24.6. The molecule has 178 valence electrons. The van der Waals surface area contributed by atoms with Crippen molar-refractivity contribution in [1.82, 2.24) is 20.0 Å². The average Bonchev–Trinajstić information content (AvgIpc) is 3.51. The molecule has 0 saturated carbocycles. The highest BCUT2D eigenvalue weighted by atomic mass is 32.1. The van der Waals surface area contributed by atoms with Crippen molar-refractivity contribution in [1.29, 1.82) is 0 Å². The predicted molar refractivity (Wildman–Crippen MR) is 137 cm³/mol. The van der Waals surface area contributed by atoms with Crippen LogP contribution >= 0.6 is 11.3 Å². The van der Waals surface area contributed by atoms with Gasteiger partial charge in [-0.1, -0.05) is 67.2 Å². The number of carbonyl (C=O) groups is 1. The summed E-state index contributed by atoms with van der Waals surface area (Å²) in [4.78, 5) is 13.5. The molecule has 2 aromatic heterocycles. The van der Waals surface area contributed by atoms with Gasteiger partial charge in [0.2, 0.25) is 11.0 Å². The van der Waals surface area contributed by atoms with Crippen molar-refractivity contribution in [3.8, 4) is 0 Å². The normalized spacial score (nSPS) is 16.8. The topological polar surface area (TPSA) is 72.7 Å². The second-order valence-corrected chi connectivity index (χ2v) is 10.3. The van der Waals surface area contributed by atoms with Gasteiger partial charge in [0.05, 0.1) is 23.2 Å². The molecule has 2 heterocycles. The third-order valence-corrected chi connectivity index (χ3v) is 7.20. The van der Waals surface area contributed by atoms with Crippen LogP contribution in [0.25, 0.3) is 10.9 Å². The van der Waals surface area contributed by atoms with Gasteiger partial charge in [0.1, 0.15) is 11.3 Å². The van der Waals surface area contributed by atoms with Gasteiger partial charge in [-0.05, 0) is 48.8 Å². The molecule has 1 aliphatic carbocycles. The van der Waals surface area contributed by atoms with E-state index in [-0.39, 0.29) is 23.7 Å². The molecule has 6 nitrogen and oxygen atoms in total. The molecule has 0 radical (unpaired) electrons. The largest absolute Gasteiger partial charge is 0.300 e. The van der Waals surface area contributed by atoms with Crippen molar-refractivity contribution in [2.75, 3.05) is 5.32 Å². The Morgan fingerprint density at radius 2 is 1.97 bits per heavy atom. The third kappa shape index (κ3) is 4.53. The third-order valence-electron chi connectivity index (χ3n) is 6.60. The molecule has 0 bridgehead atoms. The first kappa shape index (κ1) is 23.1. The minimum absolute atomic E-state index is 0.0279. The maximum atomic E-state index is 13.5. The van der Waals surface area contributed by atoms with Crippen LogP contribution < -0.4 is 5.32 Å². The number of allylic oxidation sites excluding steroid dienone is 4. The molecule has 0 aliphatic heterocycles. The molecule has 2 aromatic carbocycles. The van der Waals surface area contributed by atoms with E-state index in [9.17, 15) is 9.18 Å². The number of fused-ring (bicyclic) bond motifs is 1. The Hall–Kier alpha value is -3.65. The zero-order valence-corrected chi connectivity index (χ0v) is 20.6.